The summed E-state index contributed by atoms with van der Waals surface area (Å²) in [6.45, 7) is 2.81. The number of rotatable bonds is 3. The monoisotopic (exact) mass is 283 g/mol. The summed E-state index contributed by atoms with van der Waals surface area (Å²) in [7, 11) is 0. The SMILES string of the molecule is CCCCn1c(O)c2c(c1O)C1CCC2c2ccccc21. The molecule has 2 bridgehead atoms. The van der Waals surface area contributed by atoms with Crippen molar-refractivity contribution in [1.29, 1.82) is 0 Å². The van der Waals surface area contributed by atoms with Gasteiger partial charge in [0.05, 0.1) is 0 Å². The van der Waals surface area contributed by atoms with E-state index >= 15 is 0 Å². The molecule has 5 rings (SSSR count). The number of fused-ring (bicyclic) bond motifs is 1. The van der Waals surface area contributed by atoms with Crippen LogP contribution in [0.1, 0.15) is 66.7 Å². The van der Waals surface area contributed by atoms with E-state index in [-0.39, 0.29) is 11.8 Å². The summed E-state index contributed by atoms with van der Waals surface area (Å²) in [5, 5.41) is 21.3. The first kappa shape index (κ1) is 12.8. The van der Waals surface area contributed by atoms with Gasteiger partial charge in [0, 0.05) is 29.5 Å². The second-order valence-electron chi connectivity index (χ2n) is 6.29. The fraction of sp³-hybridized carbons (Fsp3) is 0.444. The molecule has 3 nitrogen and oxygen atoms in total. The second kappa shape index (κ2) is 4.55. The van der Waals surface area contributed by atoms with Crippen molar-refractivity contribution >= 4 is 0 Å². The van der Waals surface area contributed by atoms with Gasteiger partial charge in [0.2, 0.25) is 0 Å². The number of hydrogen-bond acceptors (Lipinski definition) is 2. The average Bonchev–Trinajstić information content (AvgIpc) is 2.79. The van der Waals surface area contributed by atoms with Crippen molar-refractivity contribution in [3.8, 4) is 11.8 Å². The van der Waals surface area contributed by atoms with E-state index in [1.807, 2.05) is 0 Å². The first-order valence-electron chi connectivity index (χ1n) is 7.97. The quantitative estimate of drug-likeness (QED) is 0.892. The van der Waals surface area contributed by atoms with Gasteiger partial charge in [-0.1, -0.05) is 37.6 Å². The average molecular weight is 283 g/mol. The highest BCUT2D eigenvalue weighted by atomic mass is 16.3. The molecular weight excluding hydrogens is 262 g/mol. The molecule has 0 saturated heterocycles. The van der Waals surface area contributed by atoms with Crippen LogP contribution in [0.15, 0.2) is 24.3 Å². The van der Waals surface area contributed by atoms with E-state index in [9.17, 15) is 10.2 Å². The number of unbranched alkanes of at least 4 members (excludes halogenated alkanes) is 1. The van der Waals surface area contributed by atoms with Gasteiger partial charge in [-0.25, -0.2) is 0 Å². The van der Waals surface area contributed by atoms with E-state index in [4.69, 9.17) is 0 Å². The minimum absolute atomic E-state index is 0.245. The molecule has 3 heteroatoms. The highest BCUT2D eigenvalue weighted by Gasteiger charge is 2.43. The van der Waals surface area contributed by atoms with Crippen LogP contribution < -0.4 is 0 Å². The van der Waals surface area contributed by atoms with Gasteiger partial charge in [0.1, 0.15) is 0 Å². The van der Waals surface area contributed by atoms with Crippen molar-refractivity contribution in [3.05, 3.63) is 46.5 Å². The van der Waals surface area contributed by atoms with Crippen LogP contribution in [0.25, 0.3) is 0 Å². The molecule has 3 aliphatic carbocycles. The van der Waals surface area contributed by atoms with E-state index in [1.165, 1.54) is 11.1 Å². The highest BCUT2D eigenvalue weighted by molar-refractivity contribution is 5.62. The van der Waals surface area contributed by atoms with Crippen LogP contribution in [0.4, 0.5) is 0 Å². The Kier molecular flexibility index (Phi) is 2.78. The van der Waals surface area contributed by atoms with Crippen molar-refractivity contribution in [1.82, 2.24) is 4.57 Å². The van der Waals surface area contributed by atoms with E-state index in [0.29, 0.717) is 18.3 Å². The van der Waals surface area contributed by atoms with Gasteiger partial charge < -0.3 is 10.2 Å². The van der Waals surface area contributed by atoms with Gasteiger partial charge in [0.25, 0.3) is 0 Å². The fourth-order valence-corrected chi connectivity index (χ4v) is 4.24. The van der Waals surface area contributed by atoms with Gasteiger partial charge in [-0.2, -0.15) is 0 Å². The molecule has 0 saturated carbocycles. The zero-order valence-electron chi connectivity index (χ0n) is 12.3. The van der Waals surface area contributed by atoms with Crippen LogP contribution in [0.2, 0.25) is 0 Å². The summed E-state index contributed by atoms with van der Waals surface area (Å²) in [4.78, 5) is 0. The molecule has 0 radical (unpaired) electrons. The molecule has 0 spiro atoms. The minimum Gasteiger partial charge on any atom is -0.494 e. The first-order chi connectivity index (χ1) is 10.2. The molecular formula is C18H21NO2. The maximum Gasteiger partial charge on any atom is 0.198 e. The Labute approximate surface area is 124 Å². The van der Waals surface area contributed by atoms with Crippen LogP contribution in [-0.4, -0.2) is 14.8 Å². The molecule has 0 aliphatic heterocycles. The van der Waals surface area contributed by atoms with Gasteiger partial charge >= 0.3 is 0 Å². The molecule has 110 valence electrons. The van der Waals surface area contributed by atoms with Crippen molar-refractivity contribution in [3.63, 3.8) is 0 Å². The Morgan fingerprint density at radius 1 is 1.00 bits per heavy atom. The fourth-order valence-electron chi connectivity index (χ4n) is 4.24. The minimum atomic E-state index is 0.245. The third kappa shape index (κ3) is 1.60. The molecule has 0 fully saturated rings. The molecule has 2 N–H and O–H groups in total. The van der Waals surface area contributed by atoms with E-state index in [0.717, 1.165) is 36.8 Å². The molecule has 1 heterocycles. The lowest BCUT2D eigenvalue weighted by Crippen LogP contribution is -2.23. The van der Waals surface area contributed by atoms with Gasteiger partial charge in [-0.3, -0.25) is 4.57 Å². The molecule has 0 amide bonds. The van der Waals surface area contributed by atoms with E-state index in [2.05, 4.69) is 31.2 Å². The number of aromatic nitrogens is 1. The van der Waals surface area contributed by atoms with Crippen molar-refractivity contribution in [2.75, 3.05) is 0 Å². The molecule has 2 unspecified atom stereocenters. The van der Waals surface area contributed by atoms with Crippen molar-refractivity contribution in [2.45, 2.75) is 51.0 Å². The lowest BCUT2D eigenvalue weighted by molar-refractivity contribution is 0.361. The van der Waals surface area contributed by atoms with Crippen molar-refractivity contribution in [2.24, 2.45) is 0 Å². The predicted molar refractivity (Wildman–Crippen MR) is 82.0 cm³/mol. The molecule has 1 aromatic heterocycles. The Bertz CT molecular complexity index is 647. The van der Waals surface area contributed by atoms with Crippen molar-refractivity contribution < 1.29 is 10.2 Å². The van der Waals surface area contributed by atoms with Gasteiger partial charge in [0.15, 0.2) is 11.8 Å². The smallest absolute Gasteiger partial charge is 0.198 e. The van der Waals surface area contributed by atoms with E-state index < -0.39 is 0 Å². The lowest BCUT2D eigenvalue weighted by atomic mass is 9.65. The summed E-state index contributed by atoms with van der Waals surface area (Å²) < 4.78 is 1.71. The highest BCUT2D eigenvalue weighted by Crippen LogP contribution is 2.58. The van der Waals surface area contributed by atoms with Crippen LogP contribution in [0, 0.1) is 0 Å². The molecule has 3 aliphatic rings. The predicted octanol–water partition coefficient (Wildman–Crippen LogP) is 4.07. The molecule has 2 aromatic rings. The summed E-state index contributed by atoms with van der Waals surface area (Å²) in [5.41, 5.74) is 4.64. The number of nitrogens with zero attached hydrogens (tertiary/aromatic N) is 1. The Hall–Kier alpha value is -1.90. The number of aromatic hydroxyl groups is 2. The van der Waals surface area contributed by atoms with E-state index in [1.54, 1.807) is 4.57 Å². The topological polar surface area (TPSA) is 45.4 Å². The third-order valence-electron chi connectivity index (χ3n) is 5.21. The Morgan fingerprint density at radius 2 is 1.52 bits per heavy atom. The molecule has 2 atom stereocenters. The van der Waals surface area contributed by atoms with Crippen LogP contribution in [0.3, 0.4) is 0 Å². The first-order valence-corrected chi connectivity index (χ1v) is 7.97. The summed E-state index contributed by atoms with van der Waals surface area (Å²) in [5.74, 6) is 1.07. The Balaban J connectivity index is 1.90. The third-order valence-corrected chi connectivity index (χ3v) is 5.21. The standard InChI is InChI=1S/C18H21NO2/c1-2-3-10-19-17(20)15-13-8-9-14(16(15)18(19)21)12-7-5-4-6-11(12)13/h4-7,13-14,20-21H,2-3,8-10H2,1H3. The summed E-state index contributed by atoms with van der Waals surface area (Å²) in [6, 6.07) is 8.50. The van der Waals surface area contributed by atoms with Crippen LogP contribution >= 0.6 is 0 Å². The van der Waals surface area contributed by atoms with Gasteiger partial charge in [-0.05, 0) is 30.4 Å². The van der Waals surface area contributed by atoms with Crippen LogP contribution in [0.5, 0.6) is 11.8 Å². The normalized spacial score (nSPS) is 22.1. The largest absolute Gasteiger partial charge is 0.494 e. The maximum absolute atomic E-state index is 10.6. The number of hydrogen-bond donors (Lipinski definition) is 2. The second-order valence-corrected chi connectivity index (χ2v) is 6.29. The number of benzene rings is 1. The lowest BCUT2D eigenvalue weighted by Gasteiger charge is -2.38. The summed E-state index contributed by atoms with van der Waals surface area (Å²) >= 11 is 0. The zero-order valence-corrected chi connectivity index (χ0v) is 12.3. The Morgan fingerprint density at radius 3 is 2.00 bits per heavy atom. The van der Waals surface area contributed by atoms with Gasteiger partial charge in [-0.15, -0.1) is 0 Å². The maximum atomic E-state index is 10.6. The zero-order chi connectivity index (χ0) is 14.6. The van der Waals surface area contributed by atoms with Crippen LogP contribution in [-0.2, 0) is 6.54 Å². The molecule has 1 aromatic carbocycles. The summed E-state index contributed by atoms with van der Waals surface area (Å²) in [6.07, 6.45) is 4.16. The molecule has 21 heavy (non-hydrogen) atoms.